The topological polar surface area (TPSA) is 72.2 Å². The molecule has 0 atom stereocenters. The molecular formula is C19H30N2O2. The molecule has 128 valence electrons. The third-order valence-corrected chi connectivity index (χ3v) is 3.97. The van der Waals surface area contributed by atoms with E-state index in [0.29, 0.717) is 17.7 Å². The van der Waals surface area contributed by atoms with E-state index in [9.17, 15) is 9.59 Å². The summed E-state index contributed by atoms with van der Waals surface area (Å²) in [6, 6.07) is 6.80. The summed E-state index contributed by atoms with van der Waals surface area (Å²) in [4.78, 5) is 23.1. The molecule has 0 aromatic heterocycles. The molecule has 4 nitrogen and oxygen atoms in total. The van der Waals surface area contributed by atoms with Gasteiger partial charge in [-0.3, -0.25) is 9.59 Å². The van der Waals surface area contributed by atoms with Gasteiger partial charge in [-0.25, -0.2) is 0 Å². The number of hydrogen-bond acceptors (Lipinski definition) is 3. The van der Waals surface area contributed by atoms with E-state index in [-0.39, 0.29) is 11.7 Å². The van der Waals surface area contributed by atoms with Gasteiger partial charge in [-0.2, -0.15) is 0 Å². The minimum absolute atomic E-state index is 0.0139. The zero-order valence-corrected chi connectivity index (χ0v) is 14.3. The summed E-state index contributed by atoms with van der Waals surface area (Å²) < 4.78 is 0. The zero-order chi connectivity index (χ0) is 16.9. The lowest BCUT2D eigenvalue weighted by Gasteiger charge is -2.06. The molecule has 4 heteroatoms. The summed E-state index contributed by atoms with van der Waals surface area (Å²) in [7, 11) is 0. The predicted octanol–water partition coefficient (Wildman–Crippen LogP) is 3.70. The molecule has 1 aromatic rings. The number of amides is 1. The first-order valence-electron chi connectivity index (χ1n) is 8.74. The Kier molecular flexibility index (Phi) is 9.96. The van der Waals surface area contributed by atoms with E-state index < -0.39 is 0 Å². The summed E-state index contributed by atoms with van der Waals surface area (Å²) in [5.74, 6) is -0.0538. The highest BCUT2D eigenvalue weighted by atomic mass is 16.1. The number of Topliss-reactive ketones (excluding diaryl/α,β-unsaturated/α-hetero) is 1. The van der Waals surface area contributed by atoms with Crippen LogP contribution < -0.4 is 11.1 Å². The largest absolute Gasteiger partial charge is 0.352 e. The lowest BCUT2D eigenvalue weighted by molar-refractivity contribution is 0.0950. The second-order valence-electron chi connectivity index (χ2n) is 6.01. The van der Waals surface area contributed by atoms with Crippen molar-refractivity contribution in [1.29, 1.82) is 0 Å². The van der Waals surface area contributed by atoms with Crippen LogP contribution in [0.3, 0.4) is 0 Å². The fourth-order valence-corrected chi connectivity index (χ4v) is 2.49. The molecule has 0 unspecified atom stereocenters. The van der Waals surface area contributed by atoms with Crippen molar-refractivity contribution in [3.05, 3.63) is 35.4 Å². The summed E-state index contributed by atoms with van der Waals surface area (Å²) in [5, 5.41) is 2.93. The summed E-state index contributed by atoms with van der Waals surface area (Å²) in [5.41, 5.74) is 6.70. The number of nitrogens with two attached hydrogens (primary N) is 1. The van der Waals surface area contributed by atoms with Crippen molar-refractivity contribution >= 4 is 11.7 Å². The number of carbonyl (C=O) groups is 2. The van der Waals surface area contributed by atoms with Crippen LogP contribution >= 0.6 is 0 Å². The fraction of sp³-hybridized carbons (Fsp3) is 0.579. The van der Waals surface area contributed by atoms with E-state index in [1.165, 1.54) is 39.0 Å². The highest BCUT2D eigenvalue weighted by molar-refractivity contribution is 5.97. The molecule has 0 spiro atoms. The number of rotatable bonds is 12. The Labute approximate surface area is 139 Å². The Morgan fingerprint density at radius 1 is 0.826 bits per heavy atom. The molecule has 0 aliphatic carbocycles. The van der Waals surface area contributed by atoms with Crippen LogP contribution in [0.1, 0.15) is 79.0 Å². The summed E-state index contributed by atoms with van der Waals surface area (Å²) in [6.07, 6.45) is 9.62. The van der Waals surface area contributed by atoms with Crippen LogP contribution in [-0.4, -0.2) is 24.8 Å². The molecule has 0 fully saturated rings. The smallest absolute Gasteiger partial charge is 0.251 e. The maximum atomic E-state index is 12.0. The predicted molar refractivity (Wildman–Crippen MR) is 94.8 cm³/mol. The maximum absolute atomic E-state index is 12.0. The molecule has 0 aliphatic heterocycles. The summed E-state index contributed by atoms with van der Waals surface area (Å²) in [6.45, 7) is 3.03. The molecule has 0 saturated heterocycles. The Bertz CT molecular complexity index is 469. The van der Waals surface area contributed by atoms with Crippen LogP contribution in [0.5, 0.6) is 0 Å². The summed E-state index contributed by atoms with van der Waals surface area (Å²) >= 11 is 0. The van der Waals surface area contributed by atoms with E-state index in [4.69, 9.17) is 5.73 Å². The highest BCUT2D eigenvalue weighted by Crippen LogP contribution is 2.08. The van der Waals surface area contributed by atoms with Crippen LogP contribution in [-0.2, 0) is 0 Å². The lowest BCUT2D eigenvalue weighted by atomic mass is 10.1. The second kappa shape index (κ2) is 11.8. The molecule has 1 amide bonds. The quantitative estimate of drug-likeness (QED) is 0.456. The minimum Gasteiger partial charge on any atom is -0.352 e. The zero-order valence-electron chi connectivity index (χ0n) is 14.3. The molecule has 1 rings (SSSR count). The van der Waals surface area contributed by atoms with Gasteiger partial charge in [0.25, 0.3) is 5.91 Å². The maximum Gasteiger partial charge on any atom is 0.251 e. The second-order valence-corrected chi connectivity index (χ2v) is 6.01. The monoisotopic (exact) mass is 318 g/mol. The number of nitrogens with one attached hydrogen (secondary N) is 1. The van der Waals surface area contributed by atoms with Gasteiger partial charge in [0.05, 0.1) is 0 Å². The Hall–Kier alpha value is -1.68. The Morgan fingerprint density at radius 2 is 1.30 bits per heavy atom. The molecule has 1 aromatic carbocycles. The highest BCUT2D eigenvalue weighted by Gasteiger charge is 2.05. The lowest BCUT2D eigenvalue weighted by Crippen LogP contribution is -2.24. The van der Waals surface area contributed by atoms with E-state index in [0.717, 1.165) is 25.8 Å². The number of hydrogen-bond donors (Lipinski definition) is 2. The fourth-order valence-electron chi connectivity index (χ4n) is 2.49. The normalized spacial score (nSPS) is 10.5. The Morgan fingerprint density at radius 3 is 1.83 bits per heavy atom. The van der Waals surface area contributed by atoms with Gasteiger partial charge < -0.3 is 11.1 Å². The Balaban J connectivity index is 2.07. The number of carbonyl (C=O) groups excluding carboxylic acids is 2. The molecule has 23 heavy (non-hydrogen) atoms. The van der Waals surface area contributed by atoms with Crippen molar-refractivity contribution in [2.24, 2.45) is 5.73 Å². The van der Waals surface area contributed by atoms with Gasteiger partial charge in [0.2, 0.25) is 0 Å². The van der Waals surface area contributed by atoms with Gasteiger partial charge in [-0.1, -0.05) is 50.7 Å². The molecular weight excluding hydrogens is 288 g/mol. The minimum atomic E-state index is -0.0677. The van der Waals surface area contributed by atoms with Crippen LogP contribution in [0.25, 0.3) is 0 Å². The van der Waals surface area contributed by atoms with Crippen molar-refractivity contribution in [2.45, 2.75) is 58.3 Å². The van der Waals surface area contributed by atoms with E-state index in [2.05, 4.69) is 5.32 Å². The van der Waals surface area contributed by atoms with Crippen molar-refractivity contribution in [2.75, 3.05) is 13.1 Å². The number of benzene rings is 1. The average molecular weight is 318 g/mol. The molecule has 0 aliphatic rings. The number of ketones is 1. The average Bonchev–Trinajstić information content (AvgIpc) is 2.56. The third kappa shape index (κ3) is 8.50. The van der Waals surface area contributed by atoms with Gasteiger partial charge in [0.1, 0.15) is 0 Å². The van der Waals surface area contributed by atoms with Gasteiger partial charge in [-0.15, -0.1) is 0 Å². The first-order chi connectivity index (χ1) is 11.1. The molecule has 0 radical (unpaired) electrons. The standard InChI is InChI=1S/C19H30N2O2/c1-16(22)17-10-12-18(13-11-17)19(23)21-15-9-7-5-3-2-4-6-8-14-20/h10-13H,2-9,14-15,20H2,1H3,(H,21,23). The van der Waals surface area contributed by atoms with Gasteiger partial charge in [0, 0.05) is 17.7 Å². The van der Waals surface area contributed by atoms with Crippen molar-refractivity contribution in [3.63, 3.8) is 0 Å². The SMILES string of the molecule is CC(=O)c1ccc(C(=O)NCCCCCCCCCCN)cc1. The first-order valence-corrected chi connectivity index (χ1v) is 8.74. The van der Waals surface area contributed by atoms with Crippen molar-refractivity contribution in [1.82, 2.24) is 5.32 Å². The van der Waals surface area contributed by atoms with Crippen LogP contribution in [0, 0.1) is 0 Å². The first kappa shape index (κ1) is 19.4. The van der Waals surface area contributed by atoms with Gasteiger partial charge in [0.15, 0.2) is 5.78 Å². The van der Waals surface area contributed by atoms with E-state index in [1.54, 1.807) is 24.3 Å². The molecule has 0 saturated carbocycles. The van der Waals surface area contributed by atoms with Gasteiger partial charge >= 0.3 is 0 Å². The van der Waals surface area contributed by atoms with Crippen LogP contribution in [0.15, 0.2) is 24.3 Å². The van der Waals surface area contributed by atoms with Crippen LogP contribution in [0.2, 0.25) is 0 Å². The van der Waals surface area contributed by atoms with Crippen LogP contribution in [0.4, 0.5) is 0 Å². The molecule has 0 bridgehead atoms. The van der Waals surface area contributed by atoms with Gasteiger partial charge in [-0.05, 0) is 38.4 Å². The molecule has 3 N–H and O–H groups in total. The van der Waals surface area contributed by atoms with Crippen molar-refractivity contribution in [3.8, 4) is 0 Å². The van der Waals surface area contributed by atoms with E-state index >= 15 is 0 Å². The van der Waals surface area contributed by atoms with E-state index in [1.807, 2.05) is 0 Å². The molecule has 0 heterocycles. The third-order valence-electron chi connectivity index (χ3n) is 3.97. The van der Waals surface area contributed by atoms with Crippen molar-refractivity contribution < 1.29 is 9.59 Å². The number of unbranched alkanes of at least 4 members (excludes halogenated alkanes) is 7.